The van der Waals surface area contributed by atoms with Gasteiger partial charge in [0, 0.05) is 24.8 Å². The molecule has 0 bridgehead atoms. The zero-order valence-electron chi connectivity index (χ0n) is 14.2. The van der Waals surface area contributed by atoms with Crippen LogP contribution < -0.4 is 0 Å². The predicted molar refractivity (Wildman–Crippen MR) is 90.8 cm³/mol. The van der Waals surface area contributed by atoms with Gasteiger partial charge in [-0.25, -0.2) is 4.98 Å². The van der Waals surface area contributed by atoms with Crippen molar-refractivity contribution in [3.8, 4) is 0 Å². The monoisotopic (exact) mass is 332 g/mol. The summed E-state index contributed by atoms with van der Waals surface area (Å²) >= 11 is 0. The van der Waals surface area contributed by atoms with Gasteiger partial charge < -0.3 is 15.0 Å². The van der Waals surface area contributed by atoms with Crippen LogP contribution in [0.5, 0.6) is 0 Å². The third kappa shape index (κ3) is 3.32. The second kappa shape index (κ2) is 7.29. The molecule has 0 aliphatic carbocycles. The molecule has 0 aliphatic rings. The van der Waals surface area contributed by atoms with Crippen molar-refractivity contribution in [1.29, 1.82) is 0 Å². The van der Waals surface area contributed by atoms with Gasteiger partial charge in [-0.2, -0.15) is 5.10 Å². The Morgan fingerprint density at radius 3 is 2.54 bits per heavy atom. The van der Waals surface area contributed by atoms with Gasteiger partial charge in [0.15, 0.2) is 0 Å². The highest BCUT2D eigenvalue weighted by atomic mass is 16.4. The van der Waals surface area contributed by atoms with Gasteiger partial charge in [0.1, 0.15) is 5.54 Å². The summed E-state index contributed by atoms with van der Waals surface area (Å²) in [6.07, 6.45) is 12.0. The van der Waals surface area contributed by atoms with E-state index in [-0.39, 0.29) is 0 Å². The molecule has 2 aromatic heterocycles. The lowest BCUT2D eigenvalue weighted by Crippen LogP contribution is -2.41. The first-order valence-corrected chi connectivity index (χ1v) is 7.88. The molecule has 0 aliphatic heterocycles. The van der Waals surface area contributed by atoms with Crippen molar-refractivity contribution in [2.45, 2.75) is 51.1 Å². The highest BCUT2D eigenvalue weighted by molar-refractivity contribution is 5.91. The lowest BCUT2D eigenvalue weighted by molar-refractivity contribution is 0.290. The van der Waals surface area contributed by atoms with E-state index < -0.39 is 11.1 Å². The summed E-state index contributed by atoms with van der Waals surface area (Å²) in [4.78, 5) is 4.05. The molecule has 0 saturated carbocycles. The van der Waals surface area contributed by atoms with Crippen LogP contribution >= 0.6 is 0 Å². The van der Waals surface area contributed by atoms with E-state index in [2.05, 4.69) is 20.4 Å². The fourth-order valence-corrected chi connectivity index (χ4v) is 2.80. The van der Waals surface area contributed by atoms with Gasteiger partial charge in [-0.05, 0) is 39.2 Å². The van der Waals surface area contributed by atoms with Crippen LogP contribution in [0, 0.1) is 0 Å². The normalized spacial score (nSPS) is 17.7. The topological polar surface area (TPSA) is 101 Å². The van der Waals surface area contributed by atoms with Crippen molar-refractivity contribution in [3.05, 3.63) is 37.2 Å². The minimum atomic E-state index is -0.583. The van der Waals surface area contributed by atoms with E-state index in [0.29, 0.717) is 18.6 Å². The molecule has 24 heavy (non-hydrogen) atoms. The SMILES string of the molecule is CCC(C)(C(CCC(C)(C=NO)n1ccnc1)=NO)n1cccn1. The number of rotatable bonds is 8. The summed E-state index contributed by atoms with van der Waals surface area (Å²) in [7, 11) is 0. The molecule has 2 rings (SSSR count). The Hall–Kier alpha value is -2.64. The molecule has 130 valence electrons. The summed E-state index contributed by atoms with van der Waals surface area (Å²) in [6, 6.07) is 1.84. The van der Waals surface area contributed by atoms with Gasteiger partial charge in [0.2, 0.25) is 0 Å². The number of aromatic nitrogens is 4. The minimum absolute atomic E-state index is 0.501. The van der Waals surface area contributed by atoms with Crippen molar-refractivity contribution in [1.82, 2.24) is 19.3 Å². The predicted octanol–water partition coefficient (Wildman–Crippen LogP) is 2.69. The molecule has 2 heterocycles. The smallest absolute Gasteiger partial charge is 0.101 e. The van der Waals surface area contributed by atoms with Crippen LogP contribution in [0.15, 0.2) is 47.5 Å². The van der Waals surface area contributed by atoms with Crippen LogP contribution in [-0.2, 0) is 11.1 Å². The van der Waals surface area contributed by atoms with E-state index in [1.165, 1.54) is 6.21 Å². The van der Waals surface area contributed by atoms with E-state index >= 15 is 0 Å². The van der Waals surface area contributed by atoms with Crippen LogP contribution in [-0.4, -0.2) is 41.7 Å². The van der Waals surface area contributed by atoms with Crippen molar-refractivity contribution in [3.63, 3.8) is 0 Å². The molecule has 0 fully saturated rings. The third-order valence-corrected chi connectivity index (χ3v) is 4.74. The molecule has 0 aromatic carbocycles. The standard InChI is InChI=1S/C16H24N6O2/c1-4-16(3,22-10-5-8-18-22)14(20-24)6-7-15(2,12-19-23)21-11-9-17-13-21/h5,8-13,23-24H,4,6-7H2,1-3H3. The molecule has 0 radical (unpaired) electrons. The molecule has 0 amide bonds. The molecule has 2 N–H and O–H groups in total. The van der Waals surface area contributed by atoms with Crippen LogP contribution in [0.3, 0.4) is 0 Å². The Kier molecular flexibility index (Phi) is 5.38. The van der Waals surface area contributed by atoms with Gasteiger partial charge in [-0.15, -0.1) is 0 Å². The molecule has 0 saturated heterocycles. The number of oxime groups is 2. The second-order valence-corrected chi connectivity index (χ2v) is 6.20. The first kappa shape index (κ1) is 17.7. The highest BCUT2D eigenvalue weighted by Gasteiger charge is 2.34. The van der Waals surface area contributed by atoms with Crippen LogP contribution in [0.4, 0.5) is 0 Å². The largest absolute Gasteiger partial charge is 0.411 e. The summed E-state index contributed by atoms with van der Waals surface area (Å²) in [5.41, 5.74) is -0.490. The fraction of sp³-hybridized carbons (Fsp3) is 0.500. The molecule has 8 heteroatoms. The van der Waals surface area contributed by atoms with E-state index in [4.69, 9.17) is 5.21 Å². The molecule has 0 spiro atoms. The van der Waals surface area contributed by atoms with Crippen molar-refractivity contribution in [2.75, 3.05) is 0 Å². The maximum atomic E-state index is 9.59. The van der Waals surface area contributed by atoms with Crippen molar-refractivity contribution >= 4 is 11.9 Å². The summed E-state index contributed by atoms with van der Waals surface area (Å²) in [6.45, 7) is 5.95. The lowest BCUT2D eigenvalue weighted by atomic mass is 9.86. The molecule has 8 nitrogen and oxygen atoms in total. The van der Waals surface area contributed by atoms with Crippen molar-refractivity contribution in [2.24, 2.45) is 10.3 Å². The summed E-state index contributed by atoms with van der Waals surface area (Å²) < 4.78 is 3.66. The molecular formula is C16H24N6O2. The van der Waals surface area contributed by atoms with Crippen LogP contribution in [0.25, 0.3) is 0 Å². The summed E-state index contributed by atoms with van der Waals surface area (Å²) in [5.74, 6) is 0. The molecule has 2 unspecified atom stereocenters. The number of hydrogen-bond donors (Lipinski definition) is 2. The first-order chi connectivity index (χ1) is 11.5. The maximum Gasteiger partial charge on any atom is 0.101 e. The average molecular weight is 332 g/mol. The van der Waals surface area contributed by atoms with Gasteiger partial charge in [0.25, 0.3) is 0 Å². The number of nitrogens with zero attached hydrogens (tertiary/aromatic N) is 6. The minimum Gasteiger partial charge on any atom is -0.411 e. The fourth-order valence-electron chi connectivity index (χ4n) is 2.80. The average Bonchev–Trinajstić information content (AvgIpc) is 3.28. The Morgan fingerprint density at radius 1 is 1.25 bits per heavy atom. The molecule has 2 atom stereocenters. The van der Waals surface area contributed by atoms with Crippen molar-refractivity contribution < 1.29 is 10.4 Å². The molecule has 2 aromatic rings. The van der Waals surface area contributed by atoms with E-state index in [9.17, 15) is 5.21 Å². The van der Waals surface area contributed by atoms with Gasteiger partial charge in [-0.3, -0.25) is 4.68 Å². The summed E-state index contributed by atoms with van der Waals surface area (Å²) in [5, 5.41) is 29.7. The Labute approximate surface area is 141 Å². The molecular weight excluding hydrogens is 308 g/mol. The Bertz CT molecular complexity index is 680. The van der Waals surface area contributed by atoms with Gasteiger partial charge in [0.05, 0.1) is 23.8 Å². The quantitative estimate of drug-likeness (QED) is 0.441. The van der Waals surface area contributed by atoms with Gasteiger partial charge >= 0.3 is 0 Å². The van der Waals surface area contributed by atoms with Crippen LogP contribution in [0.2, 0.25) is 0 Å². The highest BCUT2D eigenvalue weighted by Crippen LogP contribution is 2.28. The zero-order valence-corrected chi connectivity index (χ0v) is 14.2. The Morgan fingerprint density at radius 2 is 2.04 bits per heavy atom. The van der Waals surface area contributed by atoms with E-state index in [1.54, 1.807) is 23.4 Å². The van der Waals surface area contributed by atoms with E-state index in [1.807, 2.05) is 43.8 Å². The zero-order chi connectivity index (χ0) is 17.6. The Balaban J connectivity index is 2.24. The van der Waals surface area contributed by atoms with Crippen LogP contribution in [0.1, 0.15) is 40.0 Å². The lowest BCUT2D eigenvalue weighted by Gasteiger charge is -2.32. The first-order valence-electron chi connectivity index (χ1n) is 7.88. The van der Waals surface area contributed by atoms with Gasteiger partial charge in [-0.1, -0.05) is 17.2 Å². The van der Waals surface area contributed by atoms with E-state index in [0.717, 1.165) is 6.42 Å². The third-order valence-electron chi connectivity index (χ3n) is 4.74. The number of imidazole rings is 1. The maximum absolute atomic E-state index is 9.59. The second-order valence-electron chi connectivity index (χ2n) is 6.20. The number of hydrogen-bond acceptors (Lipinski definition) is 6.